The van der Waals surface area contributed by atoms with Crippen molar-refractivity contribution in [2.75, 3.05) is 20.1 Å². The van der Waals surface area contributed by atoms with Crippen LogP contribution in [0.3, 0.4) is 0 Å². The molecular weight excluding hydrogens is 268 g/mol. The van der Waals surface area contributed by atoms with Gasteiger partial charge in [0, 0.05) is 18.5 Å². The van der Waals surface area contributed by atoms with Crippen molar-refractivity contribution in [2.24, 2.45) is 17.1 Å². The molecule has 0 spiro atoms. The minimum atomic E-state index is -0.0319. The van der Waals surface area contributed by atoms with Gasteiger partial charge in [-0.1, -0.05) is 20.8 Å². The fourth-order valence-electron chi connectivity index (χ4n) is 2.78. The number of carbonyl (C=O) groups is 1. The van der Waals surface area contributed by atoms with Crippen molar-refractivity contribution in [3.05, 3.63) is 21.4 Å². The highest BCUT2D eigenvalue weighted by Crippen LogP contribution is 2.32. The molecule has 0 saturated carbocycles. The van der Waals surface area contributed by atoms with Gasteiger partial charge in [0.25, 0.3) is 5.91 Å². The predicted molar refractivity (Wildman–Crippen MR) is 85.3 cm³/mol. The van der Waals surface area contributed by atoms with Gasteiger partial charge in [-0.3, -0.25) is 4.79 Å². The van der Waals surface area contributed by atoms with Crippen molar-refractivity contribution in [3.8, 4) is 0 Å². The van der Waals surface area contributed by atoms with Crippen molar-refractivity contribution in [1.29, 1.82) is 0 Å². The Morgan fingerprint density at radius 3 is 2.90 bits per heavy atom. The highest BCUT2D eigenvalue weighted by molar-refractivity contribution is 7.14. The molecule has 1 heterocycles. The third kappa shape index (κ3) is 3.41. The molecule has 3 nitrogen and oxygen atoms in total. The predicted octanol–water partition coefficient (Wildman–Crippen LogP) is 2.93. The first-order valence-electron chi connectivity index (χ1n) is 7.39. The van der Waals surface area contributed by atoms with Crippen molar-refractivity contribution in [3.63, 3.8) is 0 Å². The number of carbonyl (C=O) groups excluding carboxylic acids is 1. The van der Waals surface area contributed by atoms with Gasteiger partial charge < -0.3 is 10.6 Å². The third-order valence-corrected chi connectivity index (χ3v) is 5.33. The molecule has 0 saturated heterocycles. The molecule has 1 unspecified atom stereocenters. The second-order valence-corrected chi connectivity index (χ2v) is 8.07. The quantitative estimate of drug-likeness (QED) is 0.928. The van der Waals surface area contributed by atoms with Crippen molar-refractivity contribution in [1.82, 2.24) is 4.90 Å². The fourth-order valence-corrected chi connectivity index (χ4v) is 3.98. The van der Waals surface area contributed by atoms with E-state index in [0.717, 1.165) is 23.6 Å². The number of fused-ring (bicyclic) bond motifs is 1. The smallest absolute Gasteiger partial charge is 0.263 e. The van der Waals surface area contributed by atoms with Crippen LogP contribution in [0.15, 0.2) is 6.07 Å². The summed E-state index contributed by atoms with van der Waals surface area (Å²) < 4.78 is 0. The Labute approximate surface area is 126 Å². The van der Waals surface area contributed by atoms with Gasteiger partial charge in [-0.2, -0.15) is 0 Å². The maximum absolute atomic E-state index is 12.5. The monoisotopic (exact) mass is 294 g/mol. The second-order valence-electron chi connectivity index (χ2n) is 6.94. The van der Waals surface area contributed by atoms with Crippen LogP contribution in [0, 0.1) is 11.3 Å². The van der Waals surface area contributed by atoms with Crippen LogP contribution in [0.25, 0.3) is 0 Å². The molecule has 1 amide bonds. The van der Waals surface area contributed by atoms with Crippen molar-refractivity contribution >= 4 is 17.2 Å². The van der Waals surface area contributed by atoms with E-state index in [1.165, 1.54) is 16.9 Å². The first-order valence-corrected chi connectivity index (χ1v) is 8.21. The molecule has 1 aromatic heterocycles. The van der Waals surface area contributed by atoms with Crippen LogP contribution in [0.4, 0.5) is 0 Å². The molecule has 2 rings (SSSR count). The molecule has 1 aliphatic rings. The van der Waals surface area contributed by atoms with Crippen LogP contribution in [0.5, 0.6) is 0 Å². The number of thiophene rings is 1. The number of nitrogens with zero attached hydrogens (tertiary/aromatic N) is 1. The molecule has 20 heavy (non-hydrogen) atoms. The molecule has 0 aromatic carbocycles. The van der Waals surface area contributed by atoms with E-state index in [2.05, 4.69) is 26.8 Å². The number of nitrogens with two attached hydrogens (primary N) is 1. The van der Waals surface area contributed by atoms with E-state index in [-0.39, 0.29) is 11.3 Å². The highest BCUT2D eigenvalue weighted by Gasteiger charge is 2.25. The molecule has 4 heteroatoms. The summed E-state index contributed by atoms with van der Waals surface area (Å²) in [6, 6.07) is 2.12. The van der Waals surface area contributed by atoms with E-state index in [0.29, 0.717) is 13.1 Å². The first kappa shape index (κ1) is 15.5. The lowest BCUT2D eigenvalue weighted by atomic mass is 9.90. The Hall–Kier alpha value is -0.870. The van der Waals surface area contributed by atoms with E-state index in [9.17, 15) is 4.79 Å². The van der Waals surface area contributed by atoms with Crippen LogP contribution >= 0.6 is 11.3 Å². The van der Waals surface area contributed by atoms with Gasteiger partial charge in [-0.15, -0.1) is 11.3 Å². The molecule has 0 aliphatic heterocycles. The van der Waals surface area contributed by atoms with Crippen LogP contribution < -0.4 is 5.73 Å². The summed E-state index contributed by atoms with van der Waals surface area (Å²) in [6.07, 6.45) is 3.50. The molecule has 112 valence electrons. The number of aryl methyl sites for hydroxylation is 1. The SMILES string of the molecule is CC1CCc2sc(C(=O)N(C)CC(C)(C)CN)cc2C1. The Kier molecular flexibility index (Phi) is 4.55. The highest BCUT2D eigenvalue weighted by atomic mass is 32.1. The molecule has 2 N–H and O–H groups in total. The van der Waals surface area contributed by atoms with E-state index in [1.807, 2.05) is 11.9 Å². The maximum atomic E-state index is 12.5. The van der Waals surface area contributed by atoms with Gasteiger partial charge >= 0.3 is 0 Å². The number of hydrogen-bond donors (Lipinski definition) is 1. The molecule has 0 fully saturated rings. The Morgan fingerprint density at radius 2 is 2.25 bits per heavy atom. The number of rotatable bonds is 4. The van der Waals surface area contributed by atoms with Crippen LogP contribution in [-0.4, -0.2) is 30.9 Å². The summed E-state index contributed by atoms with van der Waals surface area (Å²) in [6.45, 7) is 7.76. The van der Waals surface area contributed by atoms with Gasteiger partial charge in [0.2, 0.25) is 0 Å². The van der Waals surface area contributed by atoms with Crippen molar-refractivity contribution < 1.29 is 4.79 Å². The minimum absolute atomic E-state index is 0.0319. The molecular formula is C16H26N2OS. The molecule has 0 bridgehead atoms. The molecule has 1 aromatic rings. The zero-order chi connectivity index (χ0) is 14.9. The lowest BCUT2D eigenvalue weighted by molar-refractivity contribution is 0.0745. The van der Waals surface area contributed by atoms with Gasteiger partial charge in [0.15, 0.2) is 0 Å². The summed E-state index contributed by atoms with van der Waals surface area (Å²) in [4.78, 5) is 16.6. The zero-order valence-electron chi connectivity index (χ0n) is 13.0. The van der Waals surface area contributed by atoms with Crippen molar-refractivity contribution in [2.45, 2.75) is 40.0 Å². The summed E-state index contributed by atoms with van der Waals surface area (Å²) >= 11 is 1.68. The van der Waals surface area contributed by atoms with E-state index in [1.54, 1.807) is 11.3 Å². The lowest BCUT2D eigenvalue weighted by Crippen LogP contribution is -2.39. The van der Waals surface area contributed by atoms with E-state index >= 15 is 0 Å². The van der Waals surface area contributed by atoms with Gasteiger partial charge in [0.1, 0.15) is 0 Å². The molecule has 0 radical (unpaired) electrons. The second kappa shape index (κ2) is 5.86. The Balaban J connectivity index is 2.10. The van der Waals surface area contributed by atoms with Crippen LogP contribution in [0.2, 0.25) is 0 Å². The van der Waals surface area contributed by atoms with E-state index in [4.69, 9.17) is 5.73 Å². The molecule has 1 aliphatic carbocycles. The van der Waals surface area contributed by atoms with Crippen LogP contribution in [-0.2, 0) is 12.8 Å². The maximum Gasteiger partial charge on any atom is 0.263 e. The standard InChI is InChI=1S/C16H26N2OS/c1-11-5-6-13-12(7-11)8-14(20-13)15(19)18(4)10-16(2,3)9-17/h8,11H,5-7,9-10,17H2,1-4H3. The van der Waals surface area contributed by atoms with Crippen LogP contribution in [0.1, 0.15) is 47.3 Å². The summed E-state index contributed by atoms with van der Waals surface area (Å²) in [7, 11) is 1.88. The minimum Gasteiger partial charge on any atom is -0.340 e. The van der Waals surface area contributed by atoms with E-state index < -0.39 is 0 Å². The molecule has 1 atom stereocenters. The normalized spacial score (nSPS) is 18.8. The topological polar surface area (TPSA) is 46.3 Å². The number of hydrogen-bond acceptors (Lipinski definition) is 3. The average Bonchev–Trinajstić information content (AvgIpc) is 2.80. The van der Waals surface area contributed by atoms with Gasteiger partial charge in [-0.25, -0.2) is 0 Å². The fraction of sp³-hybridized carbons (Fsp3) is 0.688. The largest absolute Gasteiger partial charge is 0.340 e. The lowest BCUT2D eigenvalue weighted by Gasteiger charge is -2.28. The third-order valence-electron chi connectivity index (χ3n) is 4.10. The number of amides is 1. The summed E-state index contributed by atoms with van der Waals surface area (Å²) in [5.41, 5.74) is 7.11. The van der Waals surface area contributed by atoms with Gasteiger partial charge in [0.05, 0.1) is 4.88 Å². The zero-order valence-corrected chi connectivity index (χ0v) is 13.8. The Bertz CT molecular complexity index is 493. The summed E-state index contributed by atoms with van der Waals surface area (Å²) in [5, 5.41) is 0. The average molecular weight is 294 g/mol. The summed E-state index contributed by atoms with van der Waals surface area (Å²) in [5.74, 6) is 0.882. The first-order chi connectivity index (χ1) is 9.32. The Morgan fingerprint density at radius 1 is 1.55 bits per heavy atom. The van der Waals surface area contributed by atoms with Gasteiger partial charge in [-0.05, 0) is 48.8 Å².